The van der Waals surface area contributed by atoms with Crippen LogP contribution in [0.1, 0.15) is 245 Å². The van der Waals surface area contributed by atoms with E-state index in [2.05, 4.69) is 98.9 Å². The first-order valence-corrected chi connectivity index (χ1v) is 26.2. The van der Waals surface area contributed by atoms with Crippen molar-refractivity contribution >= 4 is 5.97 Å². The van der Waals surface area contributed by atoms with Gasteiger partial charge in [0.15, 0.2) is 0 Å². The molecule has 0 spiro atoms. The van der Waals surface area contributed by atoms with Crippen LogP contribution in [0.5, 0.6) is 0 Å². The van der Waals surface area contributed by atoms with Crippen molar-refractivity contribution in [1.29, 1.82) is 0 Å². The lowest BCUT2D eigenvalue weighted by molar-refractivity contribution is -0.154. The molecule has 4 heteroatoms. The molecule has 0 aliphatic carbocycles. The van der Waals surface area contributed by atoms with Crippen molar-refractivity contribution in [2.75, 3.05) is 19.8 Å². The van der Waals surface area contributed by atoms with E-state index >= 15 is 0 Å². The Bertz CT molecular complexity index is 1080. The van der Waals surface area contributed by atoms with Crippen molar-refractivity contribution < 1.29 is 19.4 Å². The molecule has 0 saturated heterocycles. The predicted octanol–water partition coefficient (Wildman–Crippen LogP) is 17.9. The van der Waals surface area contributed by atoms with Crippen LogP contribution in [0.2, 0.25) is 0 Å². The topological polar surface area (TPSA) is 55.8 Å². The maximum atomic E-state index is 12.3. The van der Waals surface area contributed by atoms with Gasteiger partial charge in [0.2, 0.25) is 0 Å². The van der Waals surface area contributed by atoms with Crippen LogP contribution in [0.25, 0.3) is 0 Å². The fourth-order valence-corrected chi connectivity index (χ4v) is 7.33. The lowest BCUT2D eigenvalue weighted by Crippen LogP contribution is -2.27. The fraction of sp³-hybridized carbons (Fsp3) is 0.737. The molecule has 0 aliphatic rings. The number of aliphatic hydroxyl groups is 1. The Morgan fingerprint density at radius 2 is 0.738 bits per heavy atom. The summed E-state index contributed by atoms with van der Waals surface area (Å²) in [5.41, 5.74) is 0. The second-order valence-corrected chi connectivity index (χ2v) is 17.2. The maximum absolute atomic E-state index is 12.3. The van der Waals surface area contributed by atoms with Gasteiger partial charge >= 0.3 is 5.97 Å². The van der Waals surface area contributed by atoms with E-state index in [0.717, 1.165) is 57.8 Å². The number of hydrogen-bond donors (Lipinski definition) is 1. The van der Waals surface area contributed by atoms with Crippen LogP contribution in [-0.4, -0.2) is 37.0 Å². The molecule has 0 rings (SSSR count). The predicted molar refractivity (Wildman–Crippen MR) is 269 cm³/mol. The van der Waals surface area contributed by atoms with E-state index in [1.165, 1.54) is 167 Å². The molecule has 0 aromatic carbocycles. The Labute approximate surface area is 380 Å². The minimum absolute atomic E-state index is 0.178. The summed E-state index contributed by atoms with van der Waals surface area (Å²) in [6.07, 6.45) is 75.3. The number of hydrogen-bond acceptors (Lipinski definition) is 4. The van der Waals surface area contributed by atoms with E-state index in [1.54, 1.807) is 0 Å². The molecule has 1 atom stereocenters. The highest BCUT2D eigenvalue weighted by Crippen LogP contribution is 2.15. The van der Waals surface area contributed by atoms with Crippen molar-refractivity contribution in [3.05, 3.63) is 85.1 Å². The number of rotatable bonds is 48. The zero-order valence-electron chi connectivity index (χ0n) is 40.4. The Morgan fingerprint density at radius 3 is 1.11 bits per heavy atom. The average Bonchev–Trinajstić information content (AvgIpc) is 3.27. The SMILES string of the molecule is CC/C=C\C/C=C\C/C=C\C/C=C\CCCCCCCCCCCCC(=O)OC(CO)COCCCCCCCCCCCCC/C=C\C/C=C\C/C=C\CCCCCCC. The van der Waals surface area contributed by atoms with Crippen LogP contribution in [0.15, 0.2) is 85.1 Å². The first-order valence-electron chi connectivity index (χ1n) is 26.2. The molecule has 0 fully saturated rings. The third kappa shape index (κ3) is 51.8. The second-order valence-electron chi connectivity index (χ2n) is 17.2. The quantitative estimate of drug-likeness (QED) is 0.0376. The minimum Gasteiger partial charge on any atom is -0.457 e. The molecule has 4 nitrogen and oxygen atoms in total. The molecule has 0 radical (unpaired) electrons. The van der Waals surface area contributed by atoms with Crippen molar-refractivity contribution in [3.63, 3.8) is 0 Å². The molecule has 352 valence electrons. The highest BCUT2D eigenvalue weighted by Gasteiger charge is 2.13. The Balaban J connectivity index is 3.44. The zero-order chi connectivity index (χ0) is 44.0. The number of unbranched alkanes of at least 4 members (excludes halogenated alkanes) is 26. The molecule has 1 unspecified atom stereocenters. The summed E-state index contributed by atoms with van der Waals surface area (Å²) < 4.78 is 11.2. The summed E-state index contributed by atoms with van der Waals surface area (Å²) >= 11 is 0. The van der Waals surface area contributed by atoms with Crippen molar-refractivity contribution in [1.82, 2.24) is 0 Å². The summed E-state index contributed by atoms with van der Waals surface area (Å²) in [7, 11) is 0. The second kappa shape index (κ2) is 53.7. The van der Waals surface area contributed by atoms with Gasteiger partial charge in [-0.1, -0.05) is 234 Å². The standard InChI is InChI=1S/C57H100O4/c1-3-5-7-9-11-13-15-17-19-21-23-25-27-28-29-31-33-35-37-39-41-43-45-47-49-51-53-60-55-56(54-58)61-57(59)52-50-48-46-44-42-40-38-36-34-32-30-26-24-22-20-18-16-14-12-10-8-6-4-2/h6,8,12,14-15,17-18,20-21,23-24,26-28,56,58H,3-5,7,9-11,13,16,19,22,25,29-55H2,1-2H3/b8-6-,14-12-,17-15-,20-18-,23-21-,26-24-,28-27-. The lowest BCUT2D eigenvalue weighted by Gasteiger charge is -2.16. The Kier molecular flexibility index (Phi) is 51.6. The molecule has 61 heavy (non-hydrogen) atoms. The molecule has 0 bridgehead atoms. The first-order chi connectivity index (χ1) is 30.2. The molecular formula is C57H100O4. The van der Waals surface area contributed by atoms with Crippen LogP contribution < -0.4 is 0 Å². The third-order valence-electron chi connectivity index (χ3n) is 11.2. The average molecular weight is 849 g/mol. The number of carbonyl (C=O) groups excluding carboxylic acids is 1. The molecule has 0 aromatic rings. The van der Waals surface area contributed by atoms with Gasteiger partial charge in [0.1, 0.15) is 6.10 Å². The first kappa shape index (κ1) is 58.6. The van der Waals surface area contributed by atoms with Gasteiger partial charge < -0.3 is 14.6 Å². The van der Waals surface area contributed by atoms with Crippen LogP contribution in [-0.2, 0) is 14.3 Å². The van der Waals surface area contributed by atoms with E-state index in [1.807, 2.05) is 0 Å². The van der Waals surface area contributed by atoms with Gasteiger partial charge in [-0.2, -0.15) is 0 Å². The van der Waals surface area contributed by atoms with Crippen LogP contribution in [0.4, 0.5) is 0 Å². The van der Waals surface area contributed by atoms with Gasteiger partial charge in [0.05, 0.1) is 13.2 Å². The smallest absolute Gasteiger partial charge is 0.306 e. The molecule has 1 N–H and O–H groups in total. The van der Waals surface area contributed by atoms with E-state index < -0.39 is 6.10 Å². The molecule has 0 heterocycles. The van der Waals surface area contributed by atoms with Gasteiger partial charge in [0.25, 0.3) is 0 Å². The molecule has 0 aromatic heterocycles. The third-order valence-corrected chi connectivity index (χ3v) is 11.2. The van der Waals surface area contributed by atoms with Crippen molar-refractivity contribution in [2.45, 2.75) is 251 Å². The summed E-state index contributed by atoms with van der Waals surface area (Å²) in [5, 5.41) is 9.66. The number of allylic oxidation sites excluding steroid dienone is 14. The number of esters is 1. The molecule has 0 saturated carbocycles. The van der Waals surface area contributed by atoms with Crippen LogP contribution >= 0.6 is 0 Å². The number of carbonyl (C=O) groups is 1. The zero-order valence-corrected chi connectivity index (χ0v) is 40.4. The molecule has 0 aliphatic heterocycles. The highest BCUT2D eigenvalue weighted by atomic mass is 16.6. The monoisotopic (exact) mass is 849 g/mol. The van der Waals surface area contributed by atoms with Gasteiger partial charge in [-0.05, 0) is 89.9 Å². The van der Waals surface area contributed by atoms with Crippen molar-refractivity contribution in [2.24, 2.45) is 0 Å². The molecular weight excluding hydrogens is 749 g/mol. The van der Waals surface area contributed by atoms with Gasteiger partial charge in [-0.25, -0.2) is 0 Å². The normalized spacial score (nSPS) is 13.0. The Hall–Kier alpha value is -2.43. The Morgan fingerprint density at radius 1 is 0.410 bits per heavy atom. The summed E-state index contributed by atoms with van der Waals surface area (Å²) in [6, 6.07) is 0. The maximum Gasteiger partial charge on any atom is 0.306 e. The lowest BCUT2D eigenvalue weighted by atomic mass is 10.0. The fourth-order valence-electron chi connectivity index (χ4n) is 7.33. The van der Waals surface area contributed by atoms with Crippen LogP contribution in [0.3, 0.4) is 0 Å². The van der Waals surface area contributed by atoms with Crippen molar-refractivity contribution in [3.8, 4) is 0 Å². The van der Waals surface area contributed by atoms with E-state index in [0.29, 0.717) is 13.0 Å². The van der Waals surface area contributed by atoms with E-state index in [-0.39, 0.29) is 19.2 Å². The molecule has 0 amide bonds. The van der Waals surface area contributed by atoms with Crippen LogP contribution in [0, 0.1) is 0 Å². The number of ether oxygens (including phenoxy) is 2. The highest BCUT2D eigenvalue weighted by molar-refractivity contribution is 5.69. The van der Waals surface area contributed by atoms with E-state index in [9.17, 15) is 9.90 Å². The summed E-state index contributed by atoms with van der Waals surface area (Å²) in [5.74, 6) is -0.207. The van der Waals surface area contributed by atoms with Gasteiger partial charge in [-0.15, -0.1) is 0 Å². The number of aliphatic hydroxyl groups excluding tert-OH is 1. The minimum atomic E-state index is -0.544. The summed E-state index contributed by atoms with van der Waals surface area (Å²) in [6.45, 7) is 5.22. The summed E-state index contributed by atoms with van der Waals surface area (Å²) in [4.78, 5) is 12.3. The van der Waals surface area contributed by atoms with Gasteiger partial charge in [-0.3, -0.25) is 4.79 Å². The van der Waals surface area contributed by atoms with Gasteiger partial charge in [0, 0.05) is 13.0 Å². The van der Waals surface area contributed by atoms with E-state index in [4.69, 9.17) is 9.47 Å². The largest absolute Gasteiger partial charge is 0.457 e.